The van der Waals surface area contributed by atoms with Crippen molar-refractivity contribution in [3.63, 3.8) is 0 Å². The Morgan fingerprint density at radius 3 is 2.54 bits per heavy atom. The molecule has 0 aliphatic carbocycles. The summed E-state index contributed by atoms with van der Waals surface area (Å²) in [7, 11) is 0. The fraction of sp³-hybridized carbons (Fsp3) is 0.474. The number of para-hydroxylation sites is 1. The van der Waals surface area contributed by atoms with Crippen LogP contribution >= 0.6 is 0 Å². The number of likely N-dealkylation sites (tertiary alicyclic amines) is 1. The summed E-state index contributed by atoms with van der Waals surface area (Å²) < 4.78 is 2.10. The molecule has 1 aromatic heterocycles. The van der Waals surface area contributed by atoms with Crippen molar-refractivity contribution >= 4 is 11.7 Å². The van der Waals surface area contributed by atoms with Crippen LogP contribution in [0.25, 0.3) is 0 Å². The summed E-state index contributed by atoms with van der Waals surface area (Å²) in [5, 5.41) is 7.57. The predicted octanol–water partition coefficient (Wildman–Crippen LogP) is 3.75. The van der Waals surface area contributed by atoms with Gasteiger partial charge in [0.25, 0.3) is 0 Å². The lowest BCUT2D eigenvalue weighted by molar-refractivity contribution is 0.175. The molecule has 1 fully saturated rings. The maximum atomic E-state index is 12.4. The number of piperidine rings is 1. The number of amides is 2. The van der Waals surface area contributed by atoms with Crippen LogP contribution in [0.2, 0.25) is 0 Å². The van der Waals surface area contributed by atoms with E-state index in [1.807, 2.05) is 43.0 Å². The molecule has 5 nitrogen and oxygen atoms in total. The van der Waals surface area contributed by atoms with Gasteiger partial charge in [0.15, 0.2) is 0 Å². The molecule has 128 valence electrons. The molecule has 5 heteroatoms. The van der Waals surface area contributed by atoms with Crippen LogP contribution < -0.4 is 5.32 Å². The fourth-order valence-electron chi connectivity index (χ4n) is 3.33. The maximum absolute atomic E-state index is 12.4. The van der Waals surface area contributed by atoms with Crippen LogP contribution in [0.15, 0.2) is 30.3 Å². The molecule has 0 spiro atoms. The Morgan fingerprint density at radius 2 is 1.92 bits per heavy atom. The highest BCUT2D eigenvalue weighted by Gasteiger charge is 2.23. The first-order valence-electron chi connectivity index (χ1n) is 8.65. The zero-order valence-corrected chi connectivity index (χ0v) is 14.7. The number of benzene rings is 1. The normalized spacial score (nSPS) is 15.5. The van der Waals surface area contributed by atoms with Gasteiger partial charge in [-0.3, -0.25) is 4.68 Å². The van der Waals surface area contributed by atoms with Gasteiger partial charge in [-0.1, -0.05) is 18.2 Å². The minimum absolute atomic E-state index is 0.00821. The Kier molecular flexibility index (Phi) is 4.88. The molecular weight excluding hydrogens is 300 g/mol. The van der Waals surface area contributed by atoms with E-state index in [0.717, 1.165) is 49.4 Å². The van der Waals surface area contributed by atoms with Crippen LogP contribution in [-0.4, -0.2) is 33.8 Å². The standard InChI is InChI=1S/C19H26N4O/c1-14-6-4-5-7-18(14)20-19(24)22-10-8-17(9-11-22)13-23-16(3)12-15(2)21-23/h4-7,12,17H,8-11,13H2,1-3H3,(H,20,24). The van der Waals surface area contributed by atoms with Crippen molar-refractivity contribution in [1.82, 2.24) is 14.7 Å². The average Bonchev–Trinajstić information content (AvgIpc) is 2.88. The summed E-state index contributed by atoms with van der Waals surface area (Å²) in [5.41, 5.74) is 4.27. The summed E-state index contributed by atoms with van der Waals surface area (Å²) in [5.74, 6) is 0.588. The summed E-state index contributed by atoms with van der Waals surface area (Å²) in [6, 6.07) is 10.0. The van der Waals surface area contributed by atoms with Gasteiger partial charge in [-0.15, -0.1) is 0 Å². The van der Waals surface area contributed by atoms with Crippen LogP contribution in [0, 0.1) is 26.7 Å². The molecule has 0 saturated carbocycles. The summed E-state index contributed by atoms with van der Waals surface area (Å²) >= 11 is 0. The van der Waals surface area contributed by atoms with E-state index >= 15 is 0 Å². The first-order valence-corrected chi connectivity index (χ1v) is 8.65. The highest BCUT2D eigenvalue weighted by molar-refractivity contribution is 5.90. The zero-order valence-electron chi connectivity index (χ0n) is 14.7. The van der Waals surface area contributed by atoms with Gasteiger partial charge < -0.3 is 10.2 Å². The van der Waals surface area contributed by atoms with Crippen molar-refractivity contribution in [2.24, 2.45) is 5.92 Å². The van der Waals surface area contributed by atoms with Gasteiger partial charge in [-0.25, -0.2) is 4.79 Å². The van der Waals surface area contributed by atoms with E-state index in [2.05, 4.69) is 28.1 Å². The SMILES string of the molecule is Cc1cc(C)n(CC2CCN(C(=O)Nc3ccccc3C)CC2)n1. The largest absolute Gasteiger partial charge is 0.325 e. The Labute approximate surface area is 143 Å². The van der Waals surface area contributed by atoms with Gasteiger partial charge in [-0.2, -0.15) is 5.10 Å². The molecule has 1 aromatic carbocycles. The number of rotatable bonds is 3. The molecule has 0 bridgehead atoms. The molecule has 2 aromatic rings. The number of anilines is 1. The molecule has 24 heavy (non-hydrogen) atoms. The van der Waals surface area contributed by atoms with E-state index in [-0.39, 0.29) is 6.03 Å². The number of nitrogens with zero attached hydrogens (tertiary/aromatic N) is 3. The molecule has 1 aliphatic rings. The Hall–Kier alpha value is -2.30. The molecule has 3 rings (SSSR count). The predicted molar refractivity (Wildman–Crippen MR) is 96.2 cm³/mol. The lowest BCUT2D eigenvalue weighted by Crippen LogP contribution is -2.41. The quantitative estimate of drug-likeness (QED) is 0.934. The Balaban J connectivity index is 1.52. The highest BCUT2D eigenvalue weighted by atomic mass is 16.2. The topological polar surface area (TPSA) is 50.2 Å². The number of carbonyl (C=O) groups is 1. The van der Waals surface area contributed by atoms with Crippen molar-refractivity contribution < 1.29 is 4.79 Å². The third-order valence-corrected chi connectivity index (χ3v) is 4.82. The van der Waals surface area contributed by atoms with Crippen molar-refractivity contribution in [1.29, 1.82) is 0 Å². The van der Waals surface area contributed by atoms with Crippen molar-refractivity contribution in [2.75, 3.05) is 18.4 Å². The molecule has 1 N–H and O–H groups in total. The van der Waals surface area contributed by atoms with Crippen LogP contribution in [0.5, 0.6) is 0 Å². The first kappa shape index (κ1) is 16.6. The number of aryl methyl sites for hydroxylation is 3. The molecule has 0 radical (unpaired) electrons. The van der Waals surface area contributed by atoms with Crippen LogP contribution in [-0.2, 0) is 6.54 Å². The second-order valence-corrected chi connectivity index (χ2v) is 6.78. The minimum Gasteiger partial charge on any atom is -0.325 e. The number of aromatic nitrogens is 2. The molecule has 1 aliphatic heterocycles. The maximum Gasteiger partial charge on any atom is 0.321 e. The monoisotopic (exact) mass is 326 g/mol. The third kappa shape index (κ3) is 3.78. The molecule has 0 unspecified atom stereocenters. The third-order valence-electron chi connectivity index (χ3n) is 4.82. The lowest BCUT2D eigenvalue weighted by atomic mass is 9.97. The van der Waals surface area contributed by atoms with Crippen LogP contribution in [0.1, 0.15) is 29.8 Å². The van der Waals surface area contributed by atoms with Gasteiger partial charge in [0.05, 0.1) is 5.69 Å². The van der Waals surface area contributed by atoms with E-state index in [0.29, 0.717) is 5.92 Å². The lowest BCUT2D eigenvalue weighted by Gasteiger charge is -2.32. The average molecular weight is 326 g/mol. The van der Waals surface area contributed by atoms with E-state index in [4.69, 9.17) is 0 Å². The van der Waals surface area contributed by atoms with E-state index < -0.39 is 0 Å². The Bertz CT molecular complexity index is 714. The van der Waals surface area contributed by atoms with Crippen LogP contribution in [0.3, 0.4) is 0 Å². The number of urea groups is 1. The van der Waals surface area contributed by atoms with Crippen LogP contribution in [0.4, 0.5) is 10.5 Å². The minimum atomic E-state index is 0.00821. The first-order chi connectivity index (χ1) is 11.5. The fourth-order valence-corrected chi connectivity index (χ4v) is 3.33. The van der Waals surface area contributed by atoms with E-state index in [1.165, 1.54) is 5.69 Å². The summed E-state index contributed by atoms with van der Waals surface area (Å²) in [6.45, 7) is 8.71. The second-order valence-electron chi connectivity index (χ2n) is 6.78. The summed E-state index contributed by atoms with van der Waals surface area (Å²) in [4.78, 5) is 14.4. The van der Waals surface area contributed by atoms with Gasteiger partial charge in [0.2, 0.25) is 0 Å². The van der Waals surface area contributed by atoms with E-state index in [1.54, 1.807) is 0 Å². The van der Waals surface area contributed by atoms with Crippen molar-refractivity contribution in [2.45, 2.75) is 40.2 Å². The van der Waals surface area contributed by atoms with Crippen molar-refractivity contribution in [3.05, 3.63) is 47.3 Å². The number of hydrogen-bond donors (Lipinski definition) is 1. The van der Waals surface area contributed by atoms with Gasteiger partial charge in [-0.05, 0) is 57.2 Å². The summed E-state index contributed by atoms with van der Waals surface area (Å²) in [6.07, 6.45) is 2.05. The van der Waals surface area contributed by atoms with Gasteiger partial charge in [0, 0.05) is 31.0 Å². The van der Waals surface area contributed by atoms with Gasteiger partial charge in [0.1, 0.15) is 0 Å². The number of nitrogens with one attached hydrogen (secondary N) is 1. The number of hydrogen-bond acceptors (Lipinski definition) is 2. The van der Waals surface area contributed by atoms with Crippen molar-refractivity contribution in [3.8, 4) is 0 Å². The smallest absolute Gasteiger partial charge is 0.321 e. The van der Waals surface area contributed by atoms with E-state index in [9.17, 15) is 4.79 Å². The molecule has 2 heterocycles. The second kappa shape index (κ2) is 7.07. The zero-order chi connectivity index (χ0) is 17.1. The Morgan fingerprint density at radius 1 is 1.21 bits per heavy atom. The molecule has 0 atom stereocenters. The molecule has 2 amide bonds. The molecule has 1 saturated heterocycles. The molecular formula is C19H26N4O. The highest BCUT2D eigenvalue weighted by Crippen LogP contribution is 2.21. The van der Waals surface area contributed by atoms with Gasteiger partial charge >= 0.3 is 6.03 Å². The number of carbonyl (C=O) groups excluding carboxylic acids is 1.